The average Bonchev–Trinajstić information content (AvgIpc) is 3.58. The molecule has 0 aromatic heterocycles. The van der Waals surface area contributed by atoms with Gasteiger partial charge in [0.05, 0.1) is 0 Å². The van der Waals surface area contributed by atoms with Gasteiger partial charge >= 0.3 is 5.97 Å². The van der Waals surface area contributed by atoms with Gasteiger partial charge < -0.3 is 5.11 Å². The van der Waals surface area contributed by atoms with Crippen LogP contribution in [0.5, 0.6) is 0 Å². The van der Waals surface area contributed by atoms with Crippen molar-refractivity contribution in [2.24, 2.45) is 0 Å². The first-order valence-electron chi connectivity index (χ1n) is 10.6. The van der Waals surface area contributed by atoms with E-state index < -0.39 is 13.9 Å². The third-order valence-electron chi connectivity index (χ3n) is 6.46. The number of aliphatic carboxylic acids is 1. The fraction of sp³-hybridized carbons (Fsp3) is 0.269. The van der Waals surface area contributed by atoms with Crippen LogP contribution >= 0.6 is 7.92 Å². The number of carboxylic acid groups (broad SMARTS) is 1. The van der Waals surface area contributed by atoms with Crippen LogP contribution in [0.15, 0.2) is 48.5 Å². The zero-order chi connectivity index (χ0) is 19.5. The molecule has 0 radical (unpaired) electrons. The van der Waals surface area contributed by atoms with E-state index in [1.807, 2.05) is 0 Å². The van der Waals surface area contributed by atoms with E-state index in [0.717, 1.165) is 38.5 Å². The summed E-state index contributed by atoms with van der Waals surface area (Å²) in [5, 5.41) is 13.4. The summed E-state index contributed by atoms with van der Waals surface area (Å²) in [6.45, 7) is 0. The SMILES string of the molecule is O=C(O)CCCCc1c(P(c2ccc3c(c2)C3)c2ccc3c(c2)C3)ccc2c1C2. The Kier molecular flexibility index (Phi) is 3.93. The molecule has 0 spiro atoms. The lowest BCUT2D eigenvalue weighted by molar-refractivity contribution is -0.137. The number of rotatable bonds is 8. The third-order valence-corrected chi connectivity index (χ3v) is 8.95. The molecule has 3 aliphatic carbocycles. The molecule has 3 heteroatoms. The quantitative estimate of drug-likeness (QED) is 0.311. The second-order valence-corrected chi connectivity index (χ2v) is 10.8. The predicted octanol–water partition coefficient (Wildman–Crippen LogP) is 3.95. The largest absolute Gasteiger partial charge is 0.481 e. The Morgan fingerprint density at radius 1 is 0.793 bits per heavy atom. The van der Waals surface area contributed by atoms with Gasteiger partial charge in [0, 0.05) is 6.42 Å². The zero-order valence-corrected chi connectivity index (χ0v) is 17.3. The molecule has 3 aromatic rings. The molecule has 6 rings (SSSR count). The van der Waals surface area contributed by atoms with E-state index in [2.05, 4.69) is 48.5 Å². The maximum Gasteiger partial charge on any atom is 0.303 e. The minimum absolute atomic E-state index is 0.273. The molecule has 0 heterocycles. The van der Waals surface area contributed by atoms with Crippen molar-refractivity contribution in [1.29, 1.82) is 0 Å². The van der Waals surface area contributed by atoms with Gasteiger partial charge in [0.1, 0.15) is 0 Å². The maximum atomic E-state index is 10.9. The van der Waals surface area contributed by atoms with Crippen LogP contribution in [0.1, 0.15) is 58.2 Å². The number of carbonyl (C=O) groups is 1. The molecule has 29 heavy (non-hydrogen) atoms. The van der Waals surface area contributed by atoms with Crippen molar-refractivity contribution < 1.29 is 9.90 Å². The Morgan fingerprint density at radius 2 is 1.45 bits per heavy atom. The van der Waals surface area contributed by atoms with Gasteiger partial charge in [-0.1, -0.05) is 48.5 Å². The van der Waals surface area contributed by atoms with E-state index in [0.29, 0.717) is 0 Å². The maximum absolute atomic E-state index is 10.9. The Labute approximate surface area is 172 Å². The van der Waals surface area contributed by atoms with Crippen LogP contribution in [0.4, 0.5) is 0 Å². The Morgan fingerprint density at radius 3 is 2.07 bits per heavy atom. The van der Waals surface area contributed by atoms with E-state index in [1.165, 1.54) is 54.9 Å². The molecule has 144 valence electrons. The van der Waals surface area contributed by atoms with E-state index in [1.54, 1.807) is 0 Å². The van der Waals surface area contributed by atoms with E-state index in [4.69, 9.17) is 5.11 Å². The van der Waals surface area contributed by atoms with Crippen molar-refractivity contribution in [3.8, 4) is 0 Å². The van der Waals surface area contributed by atoms with Crippen LogP contribution in [-0.2, 0) is 30.5 Å². The van der Waals surface area contributed by atoms with Crippen molar-refractivity contribution in [2.45, 2.75) is 44.9 Å². The highest BCUT2D eigenvalue weighted by atomic mass is 31.1. The van der Waals surface area contributed by atoms with Crippen LogP contribution in [0.25, 0.3) is 0 Å². The first-order chi connectivity index (χ1) is 14.2. The molecule has 0 fully saturated rings. The summed E-state index contributed by atoms with van der Waals surface area (Å²) < 4.78 is 0. The molecule has 0 atom stereocenters. The summed E-state index contributed by atoms with van der Waals surface area (Å²) in [5.41, 5.74) is 10.5. The van der Waals surface area contributed by atoms with Crippen LogP contribution in [-0.4, -0.2) is 11.1 Å². The molecule has 0 aliphatic heterocycles. The van der Waals surface area contributed by atoms with Gasteiger partial charge in [0.15, 0.2) is 0 Å². The number of benzene rings is 3. The van der Waals surface area contributed by atoms with Crippen molar-refractivity contribution in [3.63, 3.8) is 0 Å². The number of hydrogen-bond donors (Lipinski definition) is 1. The zero-order valence-electron chi connectivity index (χ0n) is 16.4. The smallest absolute Gasteiger partial charge is 0.303 e. The second-order valence-electron chi connectivity index (χ2n) is 8.57. The van der Waals surface area contributed by atoms with Gasteiger partial charge in [-0.3, -0.25) is 4.79 Å². The highest BCUT2D eigenvalue weighted by molar-refractivity contribution is 7.80. The van der Waals surface area contributed by atoms with Gasteiger partial charge in [0.25, 0.3) is 0 Å². The molecular formula is C26H23O2P. The Hall–Kier alpha value is -2.44. The lowest BCUT2D eigenvalue weighted by atomic mass is 10.1. The average molecular weight is 398 g/mol. The molecule has 3 aromatic carbocycles. The lowest BCUT2D eigenvalue weighted by Crippen LogP contribution is -2.23. The monoisotopic (exact) mass is 398 g/mol. The van der Waals surface area contributed by atoms with E-state index in [9.17, 15) is 4.79 Å². The van der Waals surface area contributed by atoms with Gasteiger partial charge in [-0.05, 0) is 101 Å². The first-order valence-corrected chi connectivity index (χ1v) is 11.9. The highest BCUT2D eigenvalue weighted by Gasteiger charge is 2.30. The molecule has 1 N–H and O–H groups in total. The molecule has 0 saturated heterocycles. The summed E-state index contributed by atoms with van der Waals surface area (Å²) in [6, 6.07) is 18.9. The topological polar surface area (TPSA) is 37.3 Å². The fourth-order valence-electron chi connectivity index (χ4n) is 4.58. The third kappa shape index (κ3) is 3.30. The number of fused-ring (bicyclic) bond motifs is 3. The van der Waals surface area contributed by atoms with Crippen molar-refractivity contribution in [1.82, 2.24) is 0 Å². The highest BCUT2D eigenvalue weighted by Crippen LogP contribution is 2.43. The molecule has 3 aliphatic rings. The fourth-order valence-corrected chi connectivity index (χ4v) is 7.19. The molecule has 2 nitrogen and oxygen atoms in total. The van der Waals surface area contributed by atoms with Crippen molar-refractivity contribution in [3.05, 3.63) is 87.5 Å². The van der Waals surface area contributed by atoms with Crippen LogP contribution in [0.2, 0.25) is 0 Å². The standard InChI is InChI=1S/C26H23O2P/c27-26(28)4-2-1-3-23-24-15-18(24)7-10-25(23)29(21-8-5-16-11-19(16)13-21)22-9-6-17-12-20(17)14-22/h5-10,13-14H,1-4,11-12,15H2,(H,27,28). The summed E-state index contributed by atoms with van der Waals surface area (Å²) >= 11 is 0. The molecular weight excluding hydrogens is 375 g/mol. The second kappa shape index (κ2) is 6.54. The normalized spacial score (nSPS) is 14.2. The number of hydrogen-bond acceptors (Lipinski definition) is 1. The Balaban J connectivity index is 1.40. The van der Waals surface area contributed by atoms with Gasteiger partial charge in [-0.2, -0.15) is 0 Å². The van der Waals surface area contributed by atoms with Gasteiger partial charge in [0.2, 0.25) is 0 Å². The first kappa shape index (κ1) is 17.4. The van der Waals surface area contributed by atoms with Crippen LogP contribution in [0.3, 0.4) is 0 Å². The molecule has 0 bridgehead atoms. The minimum Gasteiger partial charge on any atom is -0.481 e. The molecule has 0 amide bonds. The summed E-state index contributed by atoms with van der Waals surface area (Å²) in [6.07, 6.45) is 6.40. The molecule has 0 unspecified atom stereocenters. The van der Waals surface area contributed by atoms with E-state index >= 15 is 0 Å². The summed E-state index contributed by atoms with van der Waals surface area (Å²) in [4.78, 5) is 10.9. The number of unbranched alkanes of at least 4 members (excludes halogenated alkanes) is 1. The molecule has 0 saturated carbocycles. The number of carboxylic acids is 1. The minimum atomic E-state index is -0.687. The lowest BCUT2D eigenvalue weighted by Gasteiger charge is -2.22. The van der Waals surface area contributed by atoms with Gasteiger partial charge in [-0.25, -0.2) is 0 Å². The van der Waals surface area contributed by atoms with E-state index in [-0.39, 0.29) is 6.42 Å². The van der Waals surface area contributed by atoms with Crippen molar-refractivity contribution in [2.75, 3.05) is 0 Å². The van der Waals surface area contributed by atoms with Crippen LogP contribution in [0, 0.1) is 0 Å². The summed E-state index contributed by atoms with van der Waals surface area (Å²) in [5.74, 6) is -0.687. The predicted molar refractivity (Wildman–Crippen MR) is 119 cm³/mol. The van der Waals surface area contributed by atoms with Crippen molar-refractivity contribution >= 4 is 29.8 Å². The Bertz CT molecular complexity index is 1120. The summed E-state index contributed by atoms with van der Waals surface area (Å²) in [7, 11) is -0.565. The van der Waals surface area contributed by atoms with Crippen LogP contribution < -0.4 is 15.9 Å². The van der Waals surface area contributed by atoms with Gasteiger partial charge in [-0.15, -0.1) is 0 Å².